The van der Waals surface area contributed by atoms with Crippen LogP contribution in [0.15, 0.2) is 47.4 Å². The summed E-state index contributed by atoms with van der Waals surface area (Å²) < 4.78 is 49.9. The number of carboxylic acids is 1. The van der Waals surface area contributed by atoms with E-state index >= 15 is 0 Å². The number of benzene rings is 1. The fraction of sp³-hybridized carbons (Fsp3) is 0.250. The van der Waals surface area contributed by atoms with Crippen LogP contribution >= 0.6 is 0 Å². The summed E-state index contributed by atoms with van der Waals surface area (Å²) >= 11 is 0. The highest BCUT2D eigenvalue weighted by molar-refractivity contribution is 5.98. The SMILES string of the molecule is O=C(O)CNC(=O)c1c(O)c2c(n(Cc3cccnc3-c3ccccc3OCC(F)(F)F)c1=O)COC2. The first-order valence-corrected chi connectivity index (χ1v) is 10.8. The van der Waals surface area contributed by atoms with Crippen molar-refractivity contribution in [2.75, 3.05) is 13.2 Å². The summed E-state index contributed by atoms with van der Waals surface area (Å²) in [6, 6.07) is 9.17. The van der Waals surface area contributed by atoms with Gasteiger partial charge in [0.1, 0.15) is 23.6 Å². The maximum Gasteiger partial charge on any atom is 0.422 e. The Balaban J connectivity index is 1.78. The van der Waals surface area contributed by atoms with E-state index in [1.807, 2.05) is 0 Å². The molecule has 0 aliphatic carbocycles. The van der Waals surface area contributed by atoms with Crippen molar-refractivity contribution >= 4 is 11.9 Å². The van der Waals surface area contributed by atoms with E-state index in [0.29, 0.717) is 11.3 Å². The van der Waals surface area contributed by atoms with Crippen molar-refractivity contribution in [3.63, 3.8) is 0 Å². The number of para-hydroxylation sites is 1. The number of aromatic hydroxyl groups is 1. The molecule has 37 heavy (non-hydrogen) atoms. The highest BCUT2D eigenvalue weighted by Crippen LogP contribution is 2.34. The van der Waals surface area contributed by atoms with Gasteiger partial charge in [0.05, 0.1) is 31.1 Å². The number of aromatic nitrogens is 2. The number of ether oxygens (including phenoxy) is 2. The van der Waals surface area contributed by atoms with Crippen molar-refractivity contribution in [3.8, 4) is 22.8 Å². The van der Waals surface area contributed by atoms with E-state index in [4.69, 9.17) is 14.6 Å². The predicted molar refractivity (Wildman–Crippen MR) is 121 cm³/mol. The summed E-state index contributed by atoms with van der Waals surface area (Å²) in [4.78, 5) is 41.0. The Labute approximate surface area is 206 Å². The van der Waals surface area contributed by atoms with Crippen LogP contribution in [0.2, 0.25) is 0 Å². The maximum atomic E-state index is 13.3. The van der Waals surface area contributed by atoms with Crippen LogP contribution in [-0.4, -0.2) is 51.0 Å². The molecule has 3 heterocycles. The molecule has 0 bridgehead atoms. The van der Waals surface area contributed by atoms with Gasteiger partial charge in [-0.2, -0.15) is 13.2 Å². The molecule has 0 atom stereocenters. The van der Waals surface area contributed by atoms with Gasteiger partial charge in [-0.1, -0.05) is 18.2 Å². The van der Waals surface area contributed by atoms with Gasteiger partial charge in [-0.15, -0.1) is 0 Å². The van der Waals surface area contributed by atoms with Crippen LogP contribution in [0.5, 0.6) is 11.5 Å². The standard InChI is InChI=1S/C24H20F3N3O7/c25-24(26,27)12-37-17-6-2-1-5-14(17)20-13(4-3-7-28-20)9-30-16-11-36-10-15(16)21(33)19(23(30)35)22(34)29-8-18(31)32/h1-7,33H,8-12H2,(H,29,34)(H,31,32). The zero-order valence-corrected chi connectivity index (χ0v) is 19.0. The molecule has 0 unspecified atom stereocenters. The zero-order chi connectivity index (χ0) is 26.7. The molecule has 0 spiro atoms. The second kappa shape index (κ2) is 10.3. The van der Waals surface area contributed by atoms with Crippen LogP contribution in [0.4, 0.5) is 13.2 Å². The van der Waals surface area contributed by atoms with Gasteiger partial charge in [-0.25, -0.2) is 0 Å². The number of pyridine rings is 2. The monoisotopic (exact) mass is 519 g/mol. The number of aliphatic carboxylic acids is 1. The highest BCUT2D eigenvalue weighted by atomic mass is 19.4. The average Bonchev–Trinajstić information content (AvgIpc) is 3.34. The molecule has 0 radical (unpaired) electrons. The maximum absolute atomic E-state index is 13.3. The van der Waals surface area contributed by atoms with Crippen molar-refractivity contribution < 1.29 is 42.4 Å². The van der Waals surface area contributed by atoms with E-state index in [0.717, 1.165) is 0 Å². The van der Waals surface area contributed by atoms with Gasteiger partial charge in [0.25, 0.3) is 11.5 Å². The Morgan fingerprint density at radius 2 is 1.92 bits per heavy atom. The molecule has 0 saturated heterocycles. The number of carbonyl (C=O) groups is 2. The molecule has 4 rings (SSSR count). The molecule has 3 N–H and O–H groups in total. The third kappa shape index (κ3) is 5.56. The second-order valence-electron chi connectivity index (χ2n) is 8.02. The van der Waals surface area contributed by atoms with Crippen LogP contribution in [0.3, 0.4) is 0 Å². The molecular formula is C24H20F3N3O7. The lowest BCUT2D eigenvalue weighted by molar-refractivity contribution is -0.153. The molecule has 1 aliphatic heterocycles. The summed E-state index contributed by atoms with van der Waals surface area (Å²) in [6.45, 7) is -2.60. The lowest BCUT2D eigenvalue weighted by atomic mass is 10.0. The Morgan fingerprint density at radius 3 is 2.65 bits per heavy atom. The molecular weight excluding hydrogens is 499 g/mol. The normalized spacial score (nSPS) is 12.7. The molecule has 194 valence electrons. The number of amides is 1. The number of nitrogens with one attached hydrogen (secondary N) is 1. The lowest BCUT2D eigenvalue weighted by Crippen LogP contribution is -2.37. The summed E-state index contributed by atoms with van der Waals surface area (Å²) in [7, 11) is 0. The van der Waals surface area contributed by atoms with Crippen LogP contribution in [0.25, 0.3) is 11.3 Å². The number of carboxylic acid groups (broad SMARTS) is 1. The second-order valence-corrected chi connectivity index (χ2v) is 8.02. The number of halogens is 3. The van der Waals surface area contributed by atoms with Crippen molar-refractivity contribution in [1.82, 2.24) is 14.9 Å². The topological polar surface area (TPSA) is 140 Å². The van der Waals surface area contributed by atoms with Gasteiger partial charge >= 0.3 is 12.1 Å². The van der Waals surface area contributed by atoms with E-state index < -0.39 is 48.1 Å². The summed E-state index contributed by atoms with van der Waals surface area (Å²) in [5.74, 6) is -3.09. The van der Waals surface area contributed by atoms with Crippen LogP contribution in [0.1, 0.15) is 27.2 Å². The van der Waals surface area contributed by atoms with Crippen LogP contribution in [0, 0.1) is 0 Å². The van der Waals surface area contributed by atoms with Crippen molar-refractivity contribution in [3.05, 3.63) is 75.3 Å². The summed E-state index contributed by atoms with van der Waals surface area (Å²) in [5, 5.41) is 21.5. The number of hydrogen-bond acceptors (Lipinski definition) is 7. The van der Waals surface area contributed by atoms with E-state index in [1.54, 1.807) is 18.2 Å². The van der Waals surface area contributed by atoms with E-state index in [-0.39, 0.29) is 42.3 Å². The Kier molecular flexibility index (Phi) is 7.16. The molecule has 13 heteroatoms. The molecule has 10 nitrogen and oxygen atoms in total. The third-order valence-corrected chi connectivity index (χ3v) is 5.52. The highest BCUT2D eigenvalue weighted by Gasteiger charge is 2.31. The Bertz CT molecular complexity index is 1420. The average molecular weight is 519 g/mol. The number of fused-ring (bicyclic) bond motifs is 1. The van der Waals surface area contributed by atoms with E-state index in [2.05, 4.69) is 10.3 Å². The van der Waals surface area contributed by atoms with E-state index in [9.17, 15) is 32.7 Å². The van der Waals surface area contributed by atoms with Crippen molar-refractivity contribution in [2.24, 2.45) is 0 Å². The zero-order valence-electron chi connectivity index (χ0n) is 19.0. The largest absolute Gasteiger partial charge is 0.506 e. The van der Waals surface area contributed by atoms with Gasteiger partial charge in [0.15, 0.2) is 6.61 Å². The third-order valence-electron chi connectivity index (χ3n) is 5.52. The van der Waals surface area contributed by atoms with Gasteiger partial charge in [-0.3, -0.25) is 19.4 Å². The van der Waals surface area contributed by atoms with Crippen molar-refractivity contribution in [2.45, 2.75) is 25.9 Å². The summed E-state index contributed by atoms with van der Waals surface area (Å²) in [5.41, 5.74) is -0.158. The van der Waals surface area contributed by atoms with Gasteiger partial charge < -0.3 is 29.6 Å². The molecule has 0 saturated carbocycles. The first kappa shape index (κ1) is 25.7. The Morgan fingerprint density at radius 1 is 1.16 bits per heavy atom. The lowest BCUT2D eigenvalue weighted by Gasteiger charge is -2.18. The van der Waals surface area contributed by atoms with Gasteiger partial charge in [0, 0.05) is 17.3 Å². The molecule has 1 aliphatic rings. The molecule has 3 aromatic rings. The quantitative estimate of drug-likeness (QED) is 0.412. The number of hydrogen-bond donors (Lipinski definition) is 3. The number of carbonyl (C=O) groups excluding carboxylic acids is 1. The van der Waals surface area contributed by atoms with E-state index in [1.165, 1.54) is 29.0 Å². The van der Waals surface area contributed by atoms with Gasteiger partial charge in [0.2, 0.25) is 0 Å². The molecule has 2 aromatic heterocycles. The number of rotatable bonds is 8. The molecule has 1 aromatic carbocycles. The molecule has 0 fully saturated rings. The first-order chi connectivity index (χ1) is 17.6. The smallest absolute Gasteiger partial charge is 0.422 e. The van der Waals surface area contributed by atoms with Crippen molar-refractivity contribution in [1.29, 1.82) is 0 Å². The number of nitrogens with zero attached hydrogens (tertiary/aromatic N) is 2. The Hall–Kier alpha value is -4.39. The minimum absolute atomic E-state index is 0.0456. The minimum atomic E-state index is -4.56. The molecule has 1 amide bonds. The van der Waals surface area contributed by atoms with Crippen LogP contribution in [-0.2, 0) is 29.3 Å². The van der Waals surface area contributed by atoms with Gasteiger partial charge in [-0.05, 0) is 23.8 Å². The summed E-state index contributed by atoms with van der Waals surface area (Å²) in [6.07, 6.45) is -3.13. The van der Waals surface area contributed by atoms with Crippen LogP contribution < -0.4 is 15.6 Å². The fourth-order valence-corrected chi connectivity index (χ4v) is 3.92. The predicted octanol–water partition coefficient (Wildman–Crippen LogP) is 2.45. The minimum Gasteiger partial charge on any atom is -0.506 e. The fourth-order valence-electron chi connectivity index (χ4n) is 3.92. The first-order valence-electron chi connectivity index (χ1n) is 10.8. The number of alkyl halides is 3.